The Morgan fingerprint density at radius 1 is 1.18 bits per heavy atom. The van der Waals surface area contributed by atoms with E-state index >= 15 is 0 Å². The van der Waals surface area contributed by atoms with Crippen molar-refractivity contribution < 1.29 is 23.8 Å². The Bertz CT molecular complexity index is 735. The van der Waals surface area contributed by atoms with E-state index in [1.54, 1.807) is 0 Å². The maximum Gasteiger partial charge on any atom is 0.246 e. The molecule has 0 radical (unpaired) electrons. The van der Waals surface area contributed by atoms with Crippen LogP contribution in [-0.4, -0.2) is 83.0 Å². The molecule has 188 valence electrons. The predicted molar refractivity (Wildman–Crippen MR) is 123 cm³/mol. The molecule has 1 aliphatic heterocycles. The quantitative estimate of drug-likeness (QED) is 0.355. The highest BCUT2D eigenvalue weighted by atomic mass is 35.5. The summed E-state index contributed by atoms with van der Waals surface area (Å²) in [6.45, 7) is 4.65. The number of carbonyl (C=O) groups excluding carboxylic acids is 2. The molecule has 33 heavy (non-hydrogen) atoms. The molecule has 5 aliphatic rings. The lowest BCUT2D eigenvalue weighted by molar-refractivity contribution is -0.140. The average Bonchev–Trinajstić information content (AvgIpc) is 2.75. The minimum Gasteiger partial charge on any atom is -0.391 e. The van der Waals surface area contributed by atoms with Gasteiger partial charge in [0, 0.05) is 30.6 Å². The first-order valence-corrected chi connectivity index (χ1v) is 12.8. The Kier molecular flexibility index (Phi) is 7.56. The number of rotatable bonds is 6. The molecule has 7 atom stereocenters. The van der Waals surface area contributed by atoms with Crippen molar-refractivity contribution in [3.63, 3.8) is 0 Å². The van der Waals surface area contributed by atoms with Crippen molar-refractivity contribution in [2.75, 3.05) is 13.2 Å². The van der Waals surface area contributed by atoms with Crippen molar-refractivity contribution in [3.05, 3.63) is 0 Å². The van der Waals surface area contributed by atoms with Crippen LogP contribution >= 0.6 is 11.6 Å². The summed E-state index contributed by atoms with van der Waals surface area (Å²) < 4.78 is 19.4. The Labute approximate surface area is 200 Å². The molecule has 8 nitrogen and oxygen atoms in total. The number of aliphatic hydroxyl groups is 1. The molecule has 7 unspecified atom stereocenters. The fraction of sp³-hybridized carbons (Fsp3) is 0.913. The summed E-state index contributed by atoms with van der Waals surface area (Å²) in [5.41, 5.74) is -1.14. The van der Waals surface area contributed by atoms with E-state index in [1.807, 2.05) is 6.92 Å². The first kappa shape index (κ1) is 25.1. The van der Waals surface area contributed by atoms with Crippen LogP contribution in [0.15, 0.2) is 0 Å². The second kappa shape index (κ2) is 9.93. The summed E-state index contributed by atoms with van der Waals surface area (Å²) in [4.78, 5) is 25.6. The van der Waals surface area contributed by atoms with Gasteiger partial charge in [-0.15, -0.1) is 11.6 Å². The van der Waals surface area contributed by atoms with Gasteiger partial charge in [0.25, 0.3) is 0 Å². The summed E-state index contributed by atoms with van der Waals surface area (Å²) in [6.07, 6.45) is 2.21. The van der Waals surface area contributed by atoms with E-state index in [0.29, 0.717) is 51.0 Å². The van der Waals surface area contributed by atoms with Crippen LogP contribution < -0.4 is 21.3 Å². The van der Waals surface area contributed by atoms with Crippen molar-refractivity contribution in [1.29, 1.82) is 0 Å². The van der Waals surface area contributed by atoms with Crippen molar-refractivity contribution in [3.8, 4) is 0 Å². The van der Waals surface area contributed by atoms with Gasteiger partial charge in [0.1, 0.15) is 18.8 Å². The Balaban J connectivity index is 1.27. The molecule has 1 saturated heterocycles. The number of halogens is 2. The molecule has 4 aliphatic carbocycles. The molecule has 0 aromatic heterocycles. The van der Waals surface area contributed by atoms with Crippen molar-refractivity contribution in [2.45, 2.75) is 118 Å². The zero-order chi connectivity index (χ0) is 23.8. The molecule has 1 heterocycles. The molecule has 0 spiro atoms. The van der Waals surface area contributed by atoms with Crippen molar-refractivity contribution in [2.24, 2.45) is 0 Å². The number of aliphatic hydroxyl groups excluding tert-OH is 1. The largest absolute Gasteiger partial charge is 0.391 e. The van der Waals surface area contributed by atoms with Crippen LogP contribution in [0.1, 0.15) is 65.2 Å². The van der Waals surface area contributed by atoms with Gasteiger partial charge in [-0.2, -0.15) is 0 Å². The van der Waals surface area contributed by atoms with Crippen LogP contribution in [0.25, 0.3) is 0 Å². The van der Waals surface area contributed by atoms with E-state index in [4.69, 9.17) is 16.3 Å². The van der Waals surface area contributed by atoms with Crippen LogP contribution in [-0.2, 0) is 14.3 Å². The fourth-order valence-electron chi connectivity index (χ4n) is 6.11. The number of amides is 2. The van der Waals surface area contributed by atoms with E-state index in [2.05, 4.69) is 28.2 Å². The lowest BCUT2D eigenvalue weighted by Gasteiger charge is -2.56. The summed E-state index contributed by atoms with van der Waals surface area (Å²) >= 11 is 5.91. The number of alkyl halides is 2. The second-order valence-electron chi connectivity index (χ2n) is 10.7. The topological polar surface area (TPSA) is 112 Å². The maximum atomic E-state index is 13.8. The number of hydrogen-bond donors (Lipinski definition) is 5. The van der Waals surface area contributed by atoms with Crippen molar-refractivity contribution in [1.82, 2.24) is 21.3 Å². The van der Waals surface area contributed by atoms with E-state index in [-0.39, 0.29) is 43.0 Å². The predicted octanol–water partition coefficient (Wildman–Crippen LogP) is 0.888. The van der Waals surface area contributed by atoms with Gasteiger partial charge < -0.3 is 31.1 Å². The maximum absolute atomic E-state index is 13.8. The minimum atomic E-state index is -1.11. The first-order chi connectivity index (χ1) is 15.6. The summed E-state index contributed by atoms with van der Waals surface area (Å²) in [7, 11) is 0. The van der Waals surface area contributed by atoms with E-state index in [9.17, 15) is 19.1 Å². The van der Waals surface area contributed by atoms with Crippen LogP contribution in [0.3, 0.4) is 0 Å². The molecule has 10 heteroatoms. The van der Waals surface area contributed by atoms with Gasteiger partial charge in [-0.05, 0) is 58.8 Å². The zero-order valence-electron chi connectivity index (χ0n) is 19.5. The number of carbonyl (C=O) groups is 2. The number of piperazine rings is 1. The van der Waals surface area contributed by atoms with Crippen LogP contribution in [0.5, 0.6) is 0 Å². The summed E-state index contributed by atoms with van der Waals surface area (Å²) in [5, 5.41) is 23.4. The highest BCUT2D eigenvalue weighted by molar-refractivity contribution is 6.21. The van der Waals surface area contributed by atoms with Gasteiger partial charge in [-0.1, -0.05) is 0 Å². The number of ether oxygens (including phenoxy) is 1. The molecule has 4 saturated carbocycles. The van der Waals surface area contributed by atoms with Gasteiger partial charge >= 0.3 is 0 Å². The normalized spacial score (nSPS) is 45.4. The monoisotopic (exact) mass is 488 g/mol. The SMILES string of the molecule is CC1CNC(C(=O)NC23CCC(NC(=O)COC4CCC(Cl)C(F)C4)(CC2)C(O)C3)C(C)N1. The second-order valence-corrected chi connectivity index (χ2v) is 11.3. The van der Waals surface area contributed by atoms with Gasteiger partial charge in [0.05, 0.1) is 23.1 Å². The van der Waals surface area contributed by atoms with Gasteiger partial charge in [0.2, 0.25) is 11.8 Å². The standard InChI is InChI=1S/C23H38ClFN4O4/c1-13-11-26-20(14(2)27-13)21(32)29-22-5-7-23(8-6-22,18(30)10-22)28-19(31)12-33-15-3-4-16(24)17(25)9-15/h13-18,20,26-27,30H,3-12H2,1-2H3,(H,28,31)(H,29,32). The third-order valence-electron chi connectivity index (χ3n) is 8.17. The zero-order valence-corrected chi connectivity index (χ0v) is 20.3. The average molecular weight is 489 g/mol. The molecule has 5 rings (SSSR count). The summed E-state index contributed by atoms with van der Waals surface area (Å²) in [5.74, 6) is -0.338. The van der Waals surface area contributed by atoms with Crippen LogP contribution in [0, 0.1) is 0 Å². The van der Waals surface area contributed by atoms with E-state index < -0.39 is 28.7 Å². The van der Waals surface area contributed by atoms with Gasteiger partial charge in [-0.25, -0.2) is 4.39 Å². The number of nitrogens with one attached hydrogen (secondary N) is 4. The summed E-state index contributed by atoms with van der Waals surface area (Å²) in [6, 6.07) is 0.0270. The van der Waals surface area contributed by atoms with Crippen molar-refractivity contribution >= 4 is 23.4 Å². The first-order valence-electron chi connectivity index (χ1n) is 12.3. The minimum absolute atomic E-state index is 0.0211. The lowest BCUT2D eigenvalue weighted by atomic mass is 9.59. The van der Waals surface area contributed by atoms with E-state index in [0.717, 1.165) is 6.54 Å². The lowest BCUT2D eigenvalue weighted by Crippen LogP contribution is -2.72. The van der Waals surface area contributed by atoms with Gasteiger partial charge in [-0.3, -0.25) is 9.59 Å². The Morgan fingerprint density at radius 3 is 2.55 bits per heavy atom. The molecular formula is C23H38ClFN4O4. The molecule has 2 amide bonds. The molecule has 2 bridgehead atoms. The molecule has 5 N–H and O–H groups in total. The smallest absolute Gasteiger partial charge is 0.246 e. The third kappa shape index (κ3) is 5.48. The van der Waals surface area contributed by atoms with Crippen LogP contribution in [0.4, 0.5) is 4.39 Å². The molecule has 5 fully saturated rings. The van der Waals surface area contributed by atoms with Gasteiger partial charge in [0.15, 0.2) is 0 Å². The van der Waals surface area contributed by atoms with Crippen LogP contribution in [0.2, 0.25) is 0 Å². The number of fused-ring (bicyclic) bond motifs is 3. The third-order valence-corrected chi connectivity index (χ3v) is 8.66. The molecular weight excluding hydrogens is 451 g/mol. The van der Waals surface area contributed by atoms with E-state index in [1.165, 1.54) is 0 Å². The Hall–Kier alpha value is -1.00. The molecule has 0 aromatic carbocycles. The fourth-order valence-corrected chi connectivity index (χ4v) is 6.34. The highest BCUT2D eigenvalue weighted by Gasteiger charge is 2.55. The Morgan fingerprint density at radius 2 is 1.91 bits per heavy atom. The number of hydrogen-bond acceptors (Lipinski definition) is 6. The highest BCUT2D eigenvalue weighted by Crippen LogP contribution is 2.47. The molecule has 0 aromatic rings.